The first kappa shape index (κ1) is 22.3. The van der Waals surface area contributed by atoms with Crippen molar-refractivity contribution in [3.63, 3.8) is 0 Å². The Kier molecular flexibility index (Phi) is 7.52. The fourth-order valence-electron chi connectivity index (χ4n) is 2.93. The highest BCUT2D eigenvalue weighted by atomic mass is 35.5. The van der Waals surface area contributed by atoms with E-state index < -0.39 is 5.97 Å². The van der Waals surface area contributed by atoms with Crippen LogP contribution >= 0.6 is 34.7 Å². The van der Waals surface area contributed by atoms with E-state index in [2.05, 4.69) is 15.5 Å². The van der Waals surface area contributed by atoms with E-state index in [-0.39, 0.29) is 18.3 Å². The number of aryl methyl sites for hydroxylation is 1. The third-order valence-corrected chi connectivity index (χ3v) is 6.47. The summed E-state index contributed by atoms with van der Waals surface area (Å²) >= 11 is 8.69. The van der Waals surface area contributed by atoms with Crippen LogP contribution in [0.15, 0.2) is 35.7 Å². The number of amides is 1. The molecule has 0 saturated carbocycles. The van der Waals surface area contributed by atoms with E-state index in [1.54, 1.807) is 30.0 Å². The molecule has 0 saturated heterocycles. The summed E-state index contributed by atoms with van der Waals surface area (Å²) in [6.07, 6.45) is 2.25. The maximum Gasteiger partial charge on any atom is 0.341 e. The lowest BCUT2D eigenvalue weighted by molar-refractivity contribution is -0.113. The molecule has 3 rings (SSSR count). The lowest BCUT2D eigenvalue weighted by atomic mass is 10.1. The molecule has 0 aliphatic heterocycles. The monoisotopic (exact) mass is 464 g/mol. The van der Waals surface area contributed by atoms with Crippen molar-refractivity contribution >= 4 is 51.6 Å². The van der Waals surface area contributed by atoms with Crippen LogP contribution in [0.2, 0.25) is 5.02 Å². The molecule has 0 spiro atoms. The number of ether oxygens (including phenoxy) is 1. The molecular formula is C20H21ClN4O3S2. The van der Waals surface area contributed by atoms with Crippen molar-refractivity contribution in [1.82, 2.24) is 14.8 Å². The second kappa shape index (κ2) is 10.1. The van der Waals surface area contributed by atoms with E-state index in [1.165, 1.54) is 23.1 Å². The fraction of sp³-hybridized carbons (Fsp3) is 0.300. The maximum absolute atomic E-state index is 12.6. The summed E-state index contributed by atoms with van der Waals surface area (Å²) in [4.78, 5) is 26.0. The van der Waals surface area contributed by atoms with Gasteiger partial charge < -0.3 is 10.1 Å². The van der Waals surface area contributed by atoms with Gasteiger partial charge in [0.1, 0.15) is 11.3 Å². The molecule has 1 N–H and O–H groups in total. The molecule has 0 radical (unpaired) electrons. The number of carbonyl (C=O) groups is 2. The Balaban J connectivity index is 1.72. The smallest absolute Gasteiger partial charge is 0.341 e. The number of rotatable bonds is 8. The Morgan fingerprint density at radius 3 is 2.83 bits per heavy atom. The summed E-state index contributed by atoms with van der Waals surface area (Å²) in [5.41, 5.74) is 2.16. The van der Waals surface area contributed by atoms with Crippen LogP contribution in [0.5, 0.6) is 0 Å². The van der Waals surface area contributed by atoms with Crippen LogP contribution in [-0.2, 0) is 16.0 Å². The first-order valence-corrected chi connectivity index (χ1v) is 11.5. The Hall–Kier alpha value is -2.36. The number of thioether (sulfide) groups is 1. The summed E-state index contributed by atoms with van der Waals surface area (Å²) in [5.74, 6) is -0.544. The van der Waals surface area contributed by atoms with E-state index in [9.17, 15) is 9.59 Å². The predicted molar refractivity (Wildman–Crippen MR) is 120 cm³/mol. The standard InChI is InChI=1S/C20H21ClN4O3S2/c1-4-15-12(3)30-18(17(15)19(27)28-5-2)23-16(26)10-29-20-24-22-11-25(20)14-8-6-7-13(21)9-14/h6-9,11H,4-5,10H2,1-3H3,(H,23,26). The zero-order valence-electron chi connectivity index (χ0n) is 16.8. The van der Waals surface area contributed by atoms with Gasteiger partial charge in [-0.05, 0) is 44.0 Å². The zero-order valence-corrected chi connectivity index (χ0v) is 19.2. The molecule has 7 nitrogen and oxygen atoms in total. The molecule has 0 aliphatic carbocycles. The lowest BCUT2D eigenvalue weighted by Crippen LogP contribution is -2.17. The average Bonchev–Trinajstić information content (AvgIpc) is 3.30. The topological polar surface area (TPSA) is 86.1 Å². The maximum atomic E-state index is 12.6. The number of anilines is 1. The molecule has 158 valence electrons. The van der Waals surface area contributed by atoms with Crippen LogP contribution in [0.25, 0.3) is 5.69 Å². The van der Waals surface area contributed by atoms with E-state index in [0.717, 1.165) is 16.1 Å². The quantitative estimate of drug-likeness (QED) is 0.382. The number of carbonyl (C=O) groups excluding carboxylic acids is 2. The molecule has 1 aromatic carbocycles. The van der Waals surface area contributed by atoms with E-state index in [4.69, 9.17) is 16.3 Å². The van der Waals surface area contributed by atoms with Gasteiger partial charge in [-0.25, -0.2) is 4.79 Å². The molecule has 2 heterocycles. The number of esters is 1. The molecule has 0 bridgehead atoms. The third-order valence-electron chi connectivity index (χ3n) is 4.23. The van der Waals surface area contributed by atoms with Gasteiger partial charge in [0, 0.05) is 9.90 Å². The van der Waals surface area contributed by atoms with Gasteiger partial charge in [-0.3, -0.25) is 9.36 Å². The van der Waals surface area contributed by atoms with Crippen molar-refractivity contribution in [3.05, 3.63) is 51.6 Å². The fourth-order valence-corrected chi connectivity index (χ4v) is 4.99. The van der Waals surface area contributed by atoms with Crippen LogP contribution in [0.3, 0.4) is 0 Å². The SMILES string of the molecule is CCOC(=O)c1c(NC(=O)CSc2nncn2-c2cccc(Cl)c2)sc(C)c1CC. The predicted octanol–water partition coefficient (Wildman–Crippen LogP) is 4.76. The van der Waals surface area contributed by atoms with Gasteiger partial charge in [-0.15, -0.1) is 21.5 Å². The third kappa shape index (κ3) is 5.03. The van der Waals surface area contributed by atoms with E-state index in [0.29, 0.717) is 27.2 Å². The highest BCUT2D eigenvalue weighted by Crippen LogP contribution is 2.34. The summed E-state index contributed by atoms with van der Waals surface area (Å²) in [6.45, 7) is 5.94. The Labute approximate surface area is 187 Å². The van der Waals surface area contributed by atoms with Crippen LogP contribution in [0.1, 0.15) is 34.6 Å². The lowest BCUT2D eigenvalue weighted by Gasteiger charge is -2.09. The number of aromatic nitrogens is 3. The number of hydrogen-bond acceptors (Lipinski definition) is 7. The van der Waals surface area contributed by atoms with Crippen LogP contribution in [-0.4, -0.2) is 39.0 Å². The van der Waals surface area contributed by atoms with Gasteiger partial charge in [-0.2, -0.15) is 0 Å². The molecule has 10 heteroatoms. The van der Waals surface area contributed by atoms with Gasteiger partial charge in [0.25, 0.3) is 0 Å². The van der Waals surface area contributed by atoms with E-state index in [1.807, 2.05) is 26.0 Å². The Morgan fingerprint density at radius 2 is 2.13 bits per heavy atom. The number of hydrogen-bond donors (Lipinski definition) is 1. The highest BCUT2D eigenvalue weighted by molar-refractivity contribution is 7.99. The minimum Gasteiger partial charge on any atom is -0.462 e. The summed E-state index contributed by atoms with van der Waals surface area (Å²) < 4.78 is 6.94. The van der Waals surface area contributed by atoms with Gasteiger partial charge in [0.15, 0.2) is 5.16 Å². The van der Waals surface area contributed by atoms with Crippen molar-refractivity contribution < 1.29 is 14.3 Å². The van der Waals surface area contributed by atoms with Crippen molar-refractivity contribution in [2.45, 2.75) is 32.3 Å². The molecule has 0 fully saturated rings. The first-order chi connectivity index (χ1) is 14.4. The van der Waals surface area contributed by atoms with Crippen molar-refractivity contribution in [2.24, 2.45) is 0 Å². The minimum absolute atomic E-state index is 0.111. The Bertz CT molecular complexity index is 1060. The zero-order chi connectivity index (χ0) is 21.7. The normalized spacial score (nSPS) is 10.8. The van der Waals surface area contributed by atoms with Gasteiger partial charge >= 0.3 is 5.97 Å². The molecule has 0 atom stereocenters. The largest absolute Gasteiger partial charge is 0.462 e. The number of benzene rings is 1. The molecule has 1 amide bonds. The molecule has 0 aliphatic rings. The number of thiophene rings is 1. The summed E-state index contributed by atoms with van der Waals surface area (Å²) in [7, 11) is 0. The number of nitrogens with zero attached hydrogens (tertiary/aromatic N) is 3. The second-order valence-electron chi connectivity index (χ2n) is 6.22. The first-order valence-electron chi connectivity index (χ1n) is 9.32. The molecule has 30 heavy (non-hydrogen) atoms. The summed E-state index contributed by atoms with van der Waals surface area (Å²) in [6, 6.07) is 7.29. The molecule has 3 aromatic rings. The van der Waals surface area contributed by atoms with Crippen LogP contribution in [0.4, 0.5) is 5.00 Å². The van der Waals surface area contributed by atoms with Gasteiger partial charge in [-0.1, -0.05) is 36.4 Å². The molecular weight excluding hydrogens is 444 g/mol. The minimum atomic E-state index is -0.414. The van der Waals surface area contributed by atoms with Crippen molar-refractivity contribution in [2.75, 3.05) is 17.7 Å². The molecule has 0 unspecified atom stereocenters. The number of nitrogens with one attached hydrogen (secondary N) is 1. The number of halogens is 1. The summed E-state index contributed by atoms with van der Waals surface area (Å²) in [5, 5.41) is 12.6. The van der Waals surface area contributed by atoms with Crippen molar-refractivity contribution in [3.8, 4) is 5.69 Å². The Morgan fingerprint density at radius 1 is 1.33 bits per heavy atom. The second-order valence-corrected chi connectivity index (χ2v) is 8.82. The van der Waals surface area contributed by atoms with Gasteiger partial charge in [0.05, 0.1) is 23.6 Å². The molecule has 2 aromatic heterocycles. The van der Waals surface area contributed by atoms with Gasteiger partial charge in [0.2, 0.25) is 5.91 Å². The van der Waals surface area contributed by atoms with Crippen molar-refractivity contribution in [1.29, 1.82) is 0 Å². The van der Waals surface area contributed by atoms with E-state index >= 15 is 0 Å². The van der Waals surface area contributed by atoms with Crippen LogP contribution in [0, 0.1) is 6.92 Å². The highest BCUT2D eigenvalue weighted by Gasteiger charge is 2.23. The average molecular weight is 465 g/mol. The van der Waals surface area contributed by atoms with Crippen LogP contribution < -0.4 is 5.32 Å².